The second-order valence-corrected chi connectivity index (χ2v) is 5.30. The van der Waals surface area contributed by atoms with E-state index in [1.165, 1.54) is 6.42 Å². The van der Waals surface area contributed by atoms with E-state index >= 15 is 0 Å². The van der Waals surface area contributed by atoms with Crippen molar-refractivity contribution in [3.8, 4) is 11.5 Å². The van der Waals surface area contributed by atoms with Crippen molar-refractivity contribution in [3.63, 3.8) is 0 Å². The average molecular weight is 278 g/mol. The zero-order chi connectivity index (χ0) is 13.8. The van der Waals surface area contributed by atoms with E-state index in [4.69, 9.17) is 20.1 Å². The highest BCUT2D eigenvalue weighted by molar-refractivity contribution is 5.48. The molecule has 1 saturated heterocycles. The van der Waals surface area contributed by atoms with E-state index in [1.54, 1.807) is 0 Å². The molecule has 0 aliphatic carbocycles. The molecule has 1 aromatic rings. The van der Waals surface area contributed by atoms with Crippen molar-refractivity contribution in [1.82, 2.24) is 5.43 Å². The lowest BCUT2D eigenvalue weighted by atomic mass is 9.98. The van der Waals surface area contributed by atoms with Crippen LogP contribution in [0, 0.1) is 0 Å². The van der Waals surface area contributed by atoms with Gasteiger partial charge < -0.3 is 14.2 Å². The van der Waals surface area contributed by atoms with Gasteiger partial charge in [-0.1, -0.05) is 12.1 Å². The van der Waals surface area contributed by atoms with Gasteiger partial charge in [0.05, 0.1) is 6.10 Å². The van der Waals surface area contributed by atoms with E-state index in [0.29, 0.717) is 19.3 Å². The molecule has 2 atom stereocenters. The molecule has 2 unspecified atom stereocenters. The minimum atomic E-state index is 0.0656. The third kappa shape index (κ3) is 2.90. The second kappa shape index (κ2) is 6.43. The number of nitrogens with one attached hydrogen (secondary N) is 1. The molecule has 2 heterocycles. The number of hydrogen-bond donors (Lipinski definition) is 2. The Morgan fingerprint density at radius 3 is 2.95 bits per heavy atom. The predicted molar refractivity (Wildman–Crippen MR) is 75.7 cm³/mol. The summed E-state index contributed by atoms with van der Waals surface area (Å²) in [4.78, 5) is 0. The first-order chi connectivity index (χ1) is 9.88. The summed E-state index contributed by atoms with van der Waals surface area (Å²) in [5.41, 5.74) is 3.97. The monoisotopic (exact) mass is 278 g/mol. The van der Waals surface area contributed by atoms with Crippen molar-refractivity contribution in [3.05, 3.63) is 23.8 Å². The standard InChI is InChI=1S/C15H22N2O3/c16-17-13(7-6-11-3-2-8-18-11)12-4-1-5-14-15(12)20-10-9-19-14/h1,4-5,11,13,17H,2-3,6-10,16H2. The minimum Gasteiger partial charge on any atom is -0.486 e. The van der Waals surface area contributed by atoms with Crippen molar-refractivity contribution in [2.75, 3.05) is 19.8 Å². The fourth-order valence-electron chi connectivity index (χ4n) is 2.92. The molecular formula is C15H22N2O3. The summed E-state index contributed by atoms with van der Waals surface area (Å²) >= 11 is 0. The number of rotatable bonds is 5. The third-order valence-electron chi connectivity index (χ3n) is 3.97. The molecule has 0 radical (unpaired) electrons. The van der Waals surface area contributed by atoms with Gasteiger partial charge in [-0.25, -0.2) is 0 Å². The second-order valence-electron chi connectivity index (χ2n) is 5.30. The van der Waals surface area contributed by atoms with Gasteiger partial charge in [-0.05, 0) is 31.7 Å². The first-order valence-electron chi connectivity index (χ1n) is 7.34. The summed E-state index contributed by atoms with van der Waals surface area (Å²) in [5.74, 6) is 7.37. The molecule has 0 aromatic heterocycles. The molecule has 20 heavy (non-hydrogen) atoms. The van der Waals surface area contributed by atoms with Crippen LogP contribution in [0.4, 0.5) is 0 Å². The summed E-state index contributed by atoms with van der Waals surface area (Å²) in [6, 6.07) is 6.04. The summed E-state index contributed by atoms with van der Waals surface area (Å²) in [7, 11) is 0. The Bertz CT molecular complexity index is 447. The zero-order valence-electron chi connectivity index (χ0n) is 11.6. The van der Waals surface area contributed by atoms with E-state index in [9.17, 15) is 0 Å². The average Bonchev–Trinajstić information content (AvgIpc) is 3.01. The third-order valence-corrected chi connectivity index (χ3v) is 3.97. The maximum atomic E-state index is 5.76. The van der Waals surface area contributed by atoms with Crippen LogP contribution in [-0.4, -0.2) is 25.9 Å². The van der Waals surface area contributed by atoms with Crippen molar-refractivity contribution in [2.45, 2.75) is 37.8 Å². The smallest absolute Gasteiger partial charge is 0.166 e. The van der Waals surface area contributed by atoms with Gasteiger partial charge in [0.15, 0.2) is 11.5 Å². The summed E-state index contributed by atoms with van der Waals surface area (Å²) < 4.78 is 17.0. The van der Waals surface area contributed by atoms with Crippen LogP contribution in [0.1, 0.15) is 37.3 Å². The van der Waals surface area contributed by atoms with Gasteiger partial charge in [-0.3, -0.25) is 11.3 Å². The number of ether oxygens (including phenoxy) is 3. The predicted octanol–water partition coefficient (Wildman–Crippen LogP) is 1.92. The molecule has 0 bridgehead atoms. The summed E-state index contributed by atoms with van der Waals surface area (Å²) in [5, 5.41) is 0. The Morgan fingerprint density at radius 2 is 2.15 bits per heavy atom. The highest BCUT2D eigenvalue weighted by atomic mass is 16.6. The number of para-hydroxylation sites is 1. The van der Waals surface area contributed by atoms with Crippen LogP contribution >= 0.6 is 0 Å². The molecule has 0 spiro atoms. The van der Waals surface area contributed by atoms with E-state index in [2.05, 4.69) is 5.43 Å². The van der Waals surface area contributed by atoms with Crippen molar-refractivity contribution in [2.24, 2.45) is 5.84 Å². The molecule has 1 aromatic carbocycles. The molecule has 2 aliphatic rings. The normalized spacial score (nSPS) is 22.8. The van der Waals surface area contributed by atoms with Crippen LogP contribution in [0.15, 0.2) is 18.2 Å². The van der Waals surface area contributed by atoms with Gasteiger partial charge in [-0.15, -0.1) is 0 Å². The number of nitrogens with two attached hydrogens (primary N) is 1. The van der Waals surface area contributed by atoms with Gasteiger partial charge in [-0.2, -0.15) is 0 Å². The molecule has 1 fully saturated rings. The van der Waals surface area contributed by atoms with Crippen molar-refractivity contribution >= 4 is 0 Å². The maximum Gasteiger partial charge on any atom is 0.166 e. The largest absolute Gasteiger partial charge is 0.486 e. The minimum absolute atomic E-state index is 0.0656. The highest BCUT2D eigenvalue weighted by Gasteiger charge is 2.23. The Labute approximate surface area is 119 Å². The van der Waals surface area contributed by atoms with Crippen LogP contribution in [0.2, 0.25) is 0 Å². The maximum absolute atomic E-state index is 5.76. The van der Waals surface area contributed by atoms with E-state index in [1.807, 2.05) is 18.2 Å². The van der Waals surface area contributed by atoms with Crippen LogP contribution in [0.5, 0.6) is 11.5 Å². The van der Waals surface area contributed by atoms with Crippen LogP contribution < -0.4 is 20.7 Å². The van der Waals surface area contributed by atoms with E-state index in [0.717, 1.165) is 42.9 Å². The summed E-state index contributed by atoms with van der Waals surface area (Å²) in [6.45, 7) is 2.09. The number of benzene rings is 1. The first kappa shape index (κ1) is 13.7. The van der Waals surface area contributed by atoms with Gasteiger partial charge in [0.1, 0.15) is 13.2 Å². The van der Waals surface area contributed by atoms with Gasteiger partial charge in [0.2, 0.25) is 0 Å². The summed E-state index contributed by atoms with van der Waals surface area (Å²) in [6.07, 6.45) is 4.65. The molecule has 3 N–H and O–H groups in total. The molecule has 2 aliphatic heterocycles. The molecule has 5 heteroatoms. The highest BCUT2D eigenvalue weighted by Crippen LogP contribution is 2.38. The molecule has 0 amide bonds. The Kier molecular flexibility index (Phi) is 4.40. The SMILES string of the molecule is NNC(CCC1CCCO1)c1cccc2c1OCCO2. The molecule has 0 saturated carbocycles. The van der Waals surface area contributed by atoms with Crippen LogP contribution in [-0.2, 0) is 4.74 Å². The number of fused-ring (bicyclic) bond motifs is 1. The van der Waals surface area contributed by atoms with E-state index in [-0.39, 0.29) is 6.04 Å². The van der Waals surface area contributed by atoms with Crippen molar-refractivity contribution < 1.29 is 14.2 Å². The number of hydrazine groups is 1. The Hall–Kier alpha value is -1.30. The molecule has 110 valence electrons. The van der Waals surface area contributed by atoms with Gasteiger partial charge in [0, 0.05) is 18.2 Å². The van der Waals surface area contributed by atoms with Gasteiger partial charge >= 0.3 is 0 Å². The quantitative estimate of drug-likeness (QED) is 0.636. The fraction of sp³-hybridized carbons (Fsp3) is 0.600. The van der Waals surface area contributed by atoms with Crippen molar-refractivity contribution in [1.29, 1.82) is 0 Å². The molecular weight excluding hydrogens is 256 g/mol. The Morgan fingerprint density at radius 1 is 1.25 bits per heavy atom. The topological polar surface area (TPSA) is 65.7 Å². The molecule has 3 rings (SSSR count). The fourth-order valence-corrected chi connectivity index (χ4v) is 2.92. The molecule has 5 nitrogen and oxygen atoms in total. The lowest BCUT2D eigenvalue weighted by Gasteiger charge is -2.25. The van der Waals surface area contributed by atoms with Gasteiger partial charge in [0.25, 0.3) is 0 Å². The Balaban J connectivity index is 1.71. The number of hydrogen-bond acceptors (Lipinski definition) is 5. The lowest BCUT2D eigenvalue weighted by Crippen LogP contribution is -2.30. The van der Waals surface area contributed by atoms with Crippen LogP contribution in [0.3, 0.4) is 0 Å². The van der Waals surface area contributed by atoms with E-state index < -0.39 is 0 Å². The first-order valence-corrected chi connectivity index (χ1v) is 7.34. The van der Waals surface area contributed by atoms with Crippen LogP contribution in [0.25, 0.3) is 0 Å². The zero-order valence-corrected chi connectivity index (χ0v) is 11.6. The lowest BCUT2D eigenvalue weighted by molar-refractivity contribution is 0.0992.